The van der Waals surface area contributed by atoms with E-state index in [0.717, 1.165) is 29.8 Å². The largest absolute Gasteiger partial charge is 0.455 e. The fourth-order valence-corrected chi connectivity index (χ4v) is 6.36. The molecule has 14 heteroatoms. The predicted molar refractivity (Wildman–Crippen MR) is 161 cm³/mol. The molecule has 0 bridgehead atoms. The van der Waals surface area contributed by atoms with Crippen LogP contribution >= 0.6 is 0 Å². The van der Waals surface area contributed by atoms with Crippen molar-refractivity contribution in [3.05, 3.63) is 122 Å². The van der Waals surface area contributed by atoms with Gasteiger partial charge < -0.3 is 13.7 Å². The number of piperidine rings is 1. The molecule has 1 N–H and O–H groups in total. The first-order valence-corrected chi connectivity index (χ1v) is 15.6. The number of nitrogens with one attached hydrogen (secondary N) is 1. The van der Waals surface area contributed by atoms with E-state index in [1.54, 1.807) is 0 Å². The minimum atomic E-state index is -4.86. The highest BCUT2D eigenvalue weighted by Gasteiger charge is 2.47. The zero-order chi connectivity index (χ0) is 34.9. The Balaban J connectivity index is 0.00000221. The molecule has 2 aromatic heterocycles. The van der Waals surface area contributed by atoms with Crippen LogP contribution in [0, 0.1) is 11.2 Å². The lowest BCUT2D eigenvalue weighted by Gasteiger charge is -2.38. The smallest absolute Gasteiger partial charge is 0.449 e. The summed E-state index contributed by atoms with van der Waals surface area (Å²) < 4.78 is 109. The normalized spacial score (nSPS) is 16.1. The summed E-state index contributed by atoms with van der Waals surface area (Å²) in [5.74, 6) is -2.06. The van der Waals surface area contributed by atoms with E-state index in [1.165, 1.54) is 15.2 Å². The van der Waals surface area contributed by atoms with Crippen molar-refractivity contribution in [3.8, 4) is 0 Å². The molecule has 1 saturated heterocycles. The van der Waals surface area contributed by atoms with Gasteiger partial charge in [0.2, 0.25) is 11.4 Å². The second kappa shape index (κ2) is 13.7. The molecule has 0 saturated carbocycles. The lowest BCUT2D eigenvalue weighted by molar-refractivity contribution is -0.153. The Morgan fingerprint density at radius 1 is 0.854 bits per heavy atom. The number of hydrogen-bond donors (Lipinski definition) is 1. The number of alkyl halides is 6. The van der Waals surface area contributed by atoms with Gasteiger partial charge in [0.25, 0.3) is 5.56 Å². The third-order valence-electron chi connectivity index (χ3n) is 8.72. The van der Waals surface area contributed by atoms with Gasteiger partial charge in [-0.2, -0.15) is 26.3 Å². The van der Waals surface area contributed by atoms with Crippen LogP contribution in [0.25, 0.3) is 0 Å². The van der Waals surface area contributed by atoms with Crippen LogP contribution in [-0.2, 0) is 55.4 Å². The second-order valence-corrected chi connectivity index (χ2v) is 11.5. The number of likely N-dealkylation sites (tertiary alicyclic amines) is 1. The number of hydrogen-bond acceptors (Lipinski definition) is 5. The molecule has 7 nitrogen and oxygen atoms in total. The first-order valence-electron chi connectivity index (χ1n) is 15.6. The third-order valence-corrected chi connectivity index (χ3v) is 8.72. The summed E-state index contributed by atoms with van der Waals surface area (Å²) in [5.41, 5.74) is -2.58. The zero-order valence-electron chi connectivity index (χ0n) is 26.3. The molecular formula is C34H35F7N4O3. The number of furan rings is 1. The number of ether oxygens (including phenoxy) is 1. The molecule has 0 atom stereocenters. The van der Waals surface area contributed by atoms with E-state index in [1.807, 2.05) is 49.1 Å². The van der Waals surface area contributed by atoms with Gasteiger partial charge >= 0.3 is 12.4 Å². The van der Waals surface area contributed by atoms with Gasteiger partial charge in [-0.1, -0.05) is 50.2 Å². The molecule has 0 radical (unpaired) electrons. The number of benzene rings is 2. The van der Waals surface area contributed by atoms with Gasteiger partial charge in [0, 0.05) is 25.2 Å². The van der Waals surface area contributed by atoms with Crippen molar-refractivity contribution < 1.29 is 39.9 Å². The summed E-state index contributed by atoms with van der Waals surface area (Å²) in [5, 5.41) is 8.94. The number of halogens is 7. The molecule has 1 fully saturated rings. The van der Waals surface area contributed by atoms with Crippen LogP contribution in [0.4, 0.5) is 30.7 Å². The monoisotopic (exact) mass is 680 g/mol. The second-order valence-electron chi connectivity index (χ2n) is 11.5. The fourth-order valence-electron chi connectivity index (χ4n) is 6.36. The van der Waals surface area contributed by atoms with Crippen molar-refractivity contribution in [2.24, 2.45) is 0 Å². The Morgan fingerprint density at radius 2 is 1.54 bits per heavy atom. The molecule has 48 heavy (non-hydrogen) atoms. The molecule has 0 aliphatic carbocycles. The van der Waals surface area contributed by atoms with Crippen molar-refractivity contribution in [2.45, 2.75) is 77.3 Å². The van der Waals surface area contributed by atoms with Gasteiger partial charge in [-0.05, 0) is 49.1 Å². The highest BCUT2D eigenvalue weighted by atomic mass is 19.4. The number of rotatable bonds is 7. The minimum Gasteiger partial charge on any atom is -0.455 e. The first-order chi connectivity index (χ1) is 22.8. The molecule has 258 valence electrons. The molecular weight excluding hydrogens is 645 g/mol. The topological polar surface area (TPSA) is 76.4 Å². The molecule has 1 spiro atoms. The maximum absolute atomic E-state index is 15.0. The maximum Gasteiger partial charge on any atom is 0.449 e. The first kappa shape index (κ1) is 35.1. The van der Waals surface area contributed by atoms with Gasteiger partial charge in [-0.15, -0.1) is 0 Å². The van der Waals surface area contributed by atoms with Crippen LogP contribution in [0.1, 0.15) is 66.2 Å². The maximum atomic E-state index is 15.0. The molecule has 2 aliphatic heterocycles. The minimum absolute atomic E-state index is 0.0423. The Labute approximate surface area is 271 Å². The average molecular weight is 681 g/mol. The molecule has 4 heterocycles. The Kier molecular flexibility index (Phi) is 10.1. The molecule has 2 aromatic carbocycles. The van der Waals surface area contributed by atoms with Crippen LogP contribution < -0.4 is 11.2 Å². The van der Waals surface area contributed by atoms with Crippen LogP contribution in [0.15, 0.2) is 69.9 Å². The summed E-state index contributed by atoms with van der Waals surface area (Å²) in [6.07, 6.45) is -8.60. The lowest BCUT2D eigenvalue weighted by Crippen LogP contribution is -2.49. The SMILES string of the molecule is CC.N=c1n(Cc2c(F)cccc2C(F)(F)F)c2c(c(=O)n1CCc1ccccc1)C1(CCN(Cc3ccc(C(F)(F)F)o3)CC1)OC2. The molecule has 0 unspecified atom stereocenters. The van der Waals surface area contributed by atoms with Gasteiger partial charge in [0.15, 0.2) is 0 Å². The number of fused-ring (bicyclic) bond motifs is 2. The fraction of sp³-hybridized carbons (Fsp3) is 0.412. The lowest BCUT2D eigenvalue weighted by atomic mass is 9.85. The van der Waals surface area contributed by atoms with Crippen molar-refractivity contribution in [1.82, 2.24) is 14.0 Å². The van der Waals surface area contributed by atoms with Crippen LogP contribution in [-0.4, -0.2) is 27.1 Å². The van der Waals surface area contributed by atoms with E-state index >= 15 is 0 Å². The van der Waals surface area contributed by atoms with Gasteiger partial charge in [0.05, 0.1) is 36.5 Å². The quantitative estimate of drug-likeness (QED) is 0.209. The van der Waals surface area contributed by atoms with Crippen molar-refractivity contribution in [2.75, 3.05) is 13.1 Å². The van der Waals surface area contributed by atoms with Crippen molar-refractivity contribution in [1.29, 1.82) is 5.41 Å². The summed E-state index contributed by atoms with van der Waals surface area (Å²) >= 11 is 0. The van der Waals surface area contributed by atoms with Gasteiger partial charge in [-0.25, -0.2) is 4.39 Å². The highest BCUT2D eigenvalue weighted by molar-refractivity contribution is 5.35. The Bertz CT molecular complexity index is 1850. The van der Waals surface area contributed by atoms with Crippen LogP contribution in [0.2, 0.25) is 0 Å². The van der Waals surface area contributed by atoms with E-state index in [4.69, 9.17) is 14.6 Å². The van der Waals surface area contributed by atoms with E-state index in [0.29, 0.717) is 19.5 Å². The van der Waals surface area contributed by atoms with Crippen molar-refractivity contribution in [3.63, 3.8) is 0 Å². The highest BCUT2D eigenvalue weighted by Crippen LogP contribution is 2.43. The van der Waals surface area contributed by atoms with Gasteiger partial charge in [0.1, 0.15) is 17.2 Å². The van der Waals surface area contributed by atoms with Crippen molar-refractivity contribution >= 4 is 0 Å². The third kappa shape index (κ3) is 7.00. The Hall–Kier alpha value is -4.17. The summed E-state index contributed by atoms with van der Waals surface area (Å²) in [6, 6.07) is 14.0. The number of nitrogens with zero attached hydrogens (tertiary/aromatic N) is 3. The number of aromatic nitrogens is 2. The summed E-state index contributed by atoms with van der Waals surface area (Å²) in [6.45, 7) is 3.94. The van der Waals surface area contributed by atoms with E-state index in [9.17, 15) is 35.5 Å². The van der Waals surface area contributed by atoms with Crippen LogP contribution in [0.5, 0.6) is 0 Å². The predicted octanol–water partition coefficient (Wildman–Crippen LogP) is 7.24. The summed E-state index contributed by atoms with van der Waals surface area (Å²) in [7, 11) is 0. The summed E-state index contributed by atoms with van der Waals surface area (Å²) in [4.78, 5) is 16.0. The average Bonchev–Trinajstić information content (AvgIpc) is 3.67. The molecule has 2 aliphatic rings. The van der Waals surface area contributed by atoms with Crippen LogP contribution in [0.3, 0.4) is 0 Å². The Morgan fingerprint density at radius 3 is 2.17 bits per heavy atom. The van der Waals surface area contributed by atoms with E-state index in [-0.39, 0.29) is 55.2 Å². The van der Waals surface area contributed by atoms with Gasteiger partial charge in [-0.3, -0.25) is 19.7 Å². The number of aryl methyl sites for hydroxylation is 1. The van der Waals surface area contributed by atoms with E-state index < -0.39 is 52.8 Å². The van der Waals surface area contributed by atoms with E-state index in [2.05, 4.69) is 0 Å². The molecule has 6 rings (SSSR count). The molecule has 4 aromatic rings. The standard InChI is InChI=1S/C32H29F7N4O3.C2H6/c33-24-8-4-7-23(31(34,35)36)22(24)18-43-25-19-45-30(12-15-41(16-13-30)17-21-9-10-26(46-21)32(37,38)39)27(25)28(44)42(29(43)40)14-11-20-5-2-1-3-6-20;1-2/h1-10,40H,11-19H2;1-2H3. The molecule has 0 amide bonds. The zero-order valence-corrected chi connectivity index (χ0v) is 26.3.